The molecule has 19 rings (SSSR count). The maximum atomic E-state index is 7.10. The van der Waals surface area contributed by atoms with Crippen LogP contribution in [0.1, 0.15) is 0 Å². The Morgan fingerprint density at radius 1 is 0.250 bits per heavy atom. The number of rotatable bonds is 7. The average molecular weight is 1120 g/mol. The molecule has 0 aliphatic rings. The summed E-state index contributed by atoms with van der Waals surface area (Å²) >= 11 is 0. The normalized spacial score (nSPS) is 12.1. The van der Waals surface area contributed by atoms with Crippen LogP contribution in [0.3, 0.4) is 0 Å². The van der Waals surface area contributed by atoms with E-state index >= 15 is 0 Å². The number of furan rings is 1. The molecule has 8 nitrogen and oxygen atoms in total. The molecule has 0 N–H and O–H groups in total. The molecule has 0 bridgehead atoms. The molecule has 0 saturated carbocycles. The van der Waals surface area contributed by atoms with E-state index in [-0.39, 0.29) is 0 Å². The fourth-order valence-corrected chi connectivity index (χ4v) is 14.1. The number of para-hydroxylation sites is 6. The van der Waals surface area contributed by atoms with Crippen molar-refractivity contribution in [2.24, 2.45) is 0 Å². The fourth-order valence-electron chi connectivity index (χ4n) is 14.1. The van der Waals surface area contributed by atoms with Crippen LogP contribution in [0.25, 0.3) is 182 Å². The van der Waals surface area contributed by atoms with Crippen LogP contribution in [0.2, 0.25) is 0 Å². The predicted octanol–water partition coefficient (Wildman–Crippen LogP) is 20.6. The van der Waals surface area contributed by atoms with Crippen molar-refractivity contribution in [3.63, 3.8) is 0 Å². The molecule has 6 aromatic heterocycles. The number of hydrogen-bond acceptors (Lipinski definition) is 5. The molecular weight excluding hydrogens is 1070 g/mol. The summed E-state index contributed by atoms with van der Waals surface area (Å²) in [6, 6.07) is 101. The molecule has 0 spiro atoms. The van der Waals surface area contributed by atoms with Gasteiger partial charge in [0.15, 0.2) is 0 Å². The van der Waals surface area contributed by atoms with Gasteiger partial charge < -0.3 is 8.98 Å². The molecule has 0 unspecified atom stereocenters. The summed E-state index contributed by atoms with van der Waals surface area (Å²) in [7, 11) is 0. The highest BCUT2D eigenvalue weighted by molar-refractivity contribution is 6.36. The second-order valence-electron chi connectivity index (χ2n) is 22.9. The van der Waals surface area contributed by atoms with Gasteiger partial charge in [-0.3, -0.25) is 9.13 Å². The van der Waals surface area contributed by atoms with E-state index in [4.69, 9.17) is 24.4 Å². The van der Waals surface area contributed by atoms with E-state index in [9.17, 15) is 0 Å². The van der Waals surface area contributed by atoms with E-state index in [0.29, 0.717) is 11.9 Å². The molecule has 0 radical (unpaired) electrons. The summed E-state index contributed by atoms with van der Waals surface area (Å²) < 4.78 is 14.0. The minimum absolute atomic E-state index is 0.619. The fraction of sp³-hybridized carbons (Fsp3) is 0. The zero-order valence-electron chi connectivity index (χ0n) is 47.2. The van der Waals surface area contributed by atoms with E-state index < -0.39 is 0 Å². The van der Waals surface area contributed by atoms with Crippen molar-refractivity contribution >= 4 is 120 Å². The van der Waals surface area contributed by atoms with Gasteiger partial charge in [0.25, 0.3) is 0 Å². The molecule has 13 aromatic carbocycles. The van der Waals surface area contributed by atoms with Gasteiger partial charge in [-0.1, -0.05) is 206 Å². The molecule has 6 heterocycles. The van der Waals surface area contributed by atoms with Crippen molar-refractivity contribution in [3.8, 4) is 62.4 Å². The first-order valence-corrected chi connectivity index (χ1v) is 29.8. The molecule has 8 heteroatoms. The zero-order chi connectivity index (χ0) is 57.6. The molecule has 88 heavy (non-hydrogen) atoms. The van der Waals surface area contributed by atoms with E-state index in [2.05, 4.69) is 287 Å². The SMILES string of the molecule is c1ccc(-c2nc(-n3c4ccccc4c4c5c6ccc(-c7ccc(-c8nc(-n9c%10ccccc%10c%10cc(-c%11ccc%12c(c%11)c%11ccccc%11n%12-c%11ccccc%11)ccc%109)nc9ccccc89)cc7)cc6oc5c5ccccc5c43)nc3ccccc23)cc1. The molecule has 0 aliphatic heterocycles. The van der Waals surface area contributed by atoms with Crippen LogP contribution in [0.5, 0.6) is 0 Å². The summed E-state index contributed by atoms with van der Waals surface area (Å²) in [5, 5.41) is 13.2. The zero-order valence-corrected chi connectivity index (χ0v) is 47.2. The van der Waals surface area contributed by atoms with Crippen molar-refractivity contribution in [1.82, 2.24) is 33.6 Å². The molecule has 0 saturated heterocycles. The van der Waals surface area contributed by atoms with E-state index in [1.807, 2.05) is 12.1 Å². The van der Waals surface area contributed by atoms with E-state index in [0.717, 1.165) is 149 Å². The van der Waals surface area contributed by atoms with Crippen molar-refractivity contribution in [2.75, 3.05) is 0 Å². The largest absolute Gasteiger partial charge is 0.455 e. The third kappa shape index (κ3) is 7.14. The van der Waals surface area contributed by atoms with Crippen molar-refractivity contribution in [1.29, 1.82) is 0 Å². The highest BCUT2D eigenvalue weighted by atomic mass is 16.3. The highest BCUT2D eigenvalue weighted by Crippen LogP contribution is 2.47. The lowest BCUT2D eigenvalue weighted by molar-refractivity contribution is 0.673. The Hall–Kier alpha value is -12.0. The van der Waals surface area contributed by atoms with Gasteiger partial charge in [-0.25, -0.2) is 19.9 Å². The van der Waals surface area contributed by atoms with Gasteiger partial charge in [-0.05, 0) is 101 Å². The number of nitrogens with zero attached hydrogens (tertiary/aromatic N) is 7. The number of aromatic nitrogens is 7. The second kappa shape index (κ2) is 18.7. The average Bonchev–Trinajstić information content (AvgIpc) is 1.58. The smallest absolute Gasteiger partial charge is 0.235 e. The number of fused-ring (bicyclic) bond motifs is 18. The Bertz CT molecular complexity index is 6110. The lowest BCUT2D eigenvalue weighted by Crippen LogP contribution is -2.03. The van der Waals surface area contributed by atoms with Crippen LogP contribution in [-0.4, -0.2) is 33.6 Å². The first-order valence-electron chi connectivity index (χ1n) is 29.8. The van der Waals surface area contributed by atoms with Gasteiger partial charge in [0.2, 0.25) is 11.9 Å². The summed E-state index contributed by atoms with van der Waals surface area (Å²) in [4.78, 5) is 21.6. The van der Waals surface area contributed by atoms with Crippen LogP contribution in [0.4, 0.5) is 0 Å². The monoisotopic (exact) mass is 1120 g/mol. The Balaban J connectivity index is 0.718. The third-order valence-corrected chi connectivity index (χ3v) is 18.1. The van der Waals surface area contributed by atoms with Crippen LogP contribution in [0.15, 0.2) is 290 Å². The summed E-state index contributed by atoms with van der Waals surface area (Å²) in [5.74, 6) is 1.24. The van der Waals surface area contributed by atoms with E-state index in [1.54, 1.807) is 0 Å². The Labute approximate surface area is 502 Å². The highest BCUT2D eigenvalue weighted by Gasteiger charge is 2.26. The second-order valence-corrected chi connectivity index (χ2v) is 22.9. The molecule has 0 atom stereocenters. The molecule has 0 fully saturated rings. The van der Waals surface area contributed by atoms with Gasteiger partial charge >= 0.3 is 0 Å². The molecule has 0 aliphatic carbocycles. The van der Waals surface area contributed by atoms with E-state index in [1.165, 1.54) is 21.8 Å². The van der Waals surface area contributed by atoms with Gasteiger partial charge in [0.05, 0.1) is 55.5 Å². The van der Waals surface area contributed by atoms with Gasteiger partial charge in [0.1, 0.15) is 11.2 Å². The minimum atomic E-state index is 0.619. The number of benzene rings is 13. The Morgan fingerprint density at radius 2 is 0.682 bits per heavy atom. The first-order chi connectivity index (χ1) is 43.6. The Kier molecular flexibility index (Phi) is 10.3. The van der Waals surface area contributed by atoms with Gasteiger partial charge in [0, 0.05) is 81.4 Å². The van der Waals surface area contributed by atoms with Crippen LogP contribution >= 0.6 is 0 Å². The van der Waals surface area contributed by atoms with Gasteiger partial charge in [-0.15, -0.1) is 0 Å². The Morgan fingerprint density at radius 3 is 1.32 bits per heavy atom. The van der Waals surface area contributed by atoms with Crippen LogP contribution < -0.4 is 0 Å². The summed E-state index contributed by atoms with van der Waals surface area (Å²) in [6.07, 6.45) is 0. The molecular formula is C80H47N7O. The predicted molar refractivity (Wildman–Crippen MR) is 362 cm³/mol. The van der Waals surface area contributed by atoms with Crippen LogP contribution in [0, 0.1) is 0 Å². The first kappa shape index (κ1) is 48.4. The maximum absolute atomic E-state index is 7.10. The van der Waals surface area contributed by atoms with Crippen molar-refractivity contribution in [2.45, 2.75) is 0 Å². The molecule has 19 aromatic rings. The molecule has 408 valence electrons. The third-order valence-electron chi connectivity index (χ3n) is 18.1. The quantitative estimate of drug-likeness (QED) is 0.159. The minimum Gasteiger partial charge on any atom is -0.455 e. The standard InChI is InChI=1S/C80H47N7O/c1-3-19-49(20-4-1)75-59-27-9-15-31-66(59)82-80(84-75)87-69-34-18-13-29-61(69)73-74-62-42-39-53(47-72(62)88-78(74)58-26-8-7-25-57(58)77(73)87)48-35-37-50(38-36-48)76-60-28-10-14-30-65(60)81-79(83-76)86-68-33-17-12-24-56(68)64-46-52(41-44-71(64)86)51-40-43-70-63(45-51)55-23-11-16-32-67(55)85(70)54-21-5-2-6-22-54/h1-47H. The lowest BCUT2D eigenvalue weighted by Gasteiger charge is -2.12. The summed E-state index contributed by atoms with van der Waals surface area (Å²) in [5.41, 5.74) is 19.3. The van der Waals surface area contributed by atoms with Gasteiger partial charge in [-0.2, -0.15) is 0 Å². The van der Waals surface area contributed by atoms with Crippen LogP contribution in [-0.2, 0) is 0 Å². The van der Waals surface area contributed by atoms with Crippen molar-refractivity contribution in [3.05, 3.63) is 285 Å². The van der Waals surface area contributed by atoms with Crippen molar-refractivity contribution < 1.29 is 4.42 Å². The number of hydrogen-bond donors (Lipinski definition) is 0. The lowest BCUT2D eigenvalue weighted by atomic mass is 9.97. The summed E-state index contributed by atoms with van der Waals surface area (Å²) in [6.45, 7) is 0. The molecule has 0 amide bonds. The topological polar surface area (TPSA) is 79.5 Å². The maximum Gasteiger partial charge on any atom is 0.235 e.